The number of hydrogen-bond donors (Lipinski definition) is 1. The molecule has 0 saturated carbocycles. The highest BCUT2D eigenvalue weighted by atomic mass is 16.5. The number of rotatable bonds is 5. The molecule has 0 spiro atoms. The zero-order valence-corrected chi connectivity index (χ0v) is 11.8. The van der Waals surface area contributed by atoms with E-state index in [4.69, 9.17) is 10.5 Å². The molecule has 0 aromatic heterocycles. The highest BCUT2D eigenvalue weighted by molar-refractivity contribution is 5.41. The molecule has 0 bridgehead atoms. The van der Waals surface area contributed by atoms with Crippen molar-refractivity contribution < 1.29 is 4.74 Å². The average molecular weight is 235 g/mol. The zero-order chi connectivity index (χ0) is 13.1. The Labute approximate surface area is 105 Å². The maximum Gasteiger partial charge on any atom is 0.122 e. The van der Waals surface area contributed by atoms with E-state index in [1.165, 1.54) is 16.7 Å². The van der Waals surface area contributed by atoms with Crippen molar-refractivity contribution in [3.8, 4) is 5.75 Å². The van der Waals surface area contributed by atoms with Gasteiger partial charge in [-0.05, 0) is 61.9 Å². The van der Waals surface area contributed by atoms with Crippen molar-refractivity contribution in [2.75, 3.05) is 13.2 Å². The summed E-state index contributed by atoms with van der Waals surface area (Å²) in [4.78, 5) is 0. The van der Waals surface area contributed by atoms with Crippen LogP contribution in [0.5, 0.6) is 5.75 Å². The van der Waals surface area contributed by atoms with Crippen LogP contribution in [0, 0.1) is 26.2 Å². The van der Waals surface area contributed by atoms with Crippen molar-refractivity contribution in [1.29, 1.82) is 0 Å². The van der Waals surface area contributed by atoms with Crippen molar-refractivity contribution in [2.24, 2.45) is 11.1 Å². The summed E-state index contributed by atoms with van der Waals surface area (Å²) in [6, 6.07) is 4.30. The van der Waals surface area contributed by atoms with E-state index in [0.29, 0.717) is 6.54 Å². The Bertz CT molecular complexity index is 383. The van der Waals surface area contributed by atoms with Crippen LogP contribution >= 0.6 is 0 Å². The van der Waals surface area contributed by atoms with Gasteiger partial charge in [0.25, 0.3) is 0 Å². The number of hydrogen-bond acceptors (Lipinski definition) is 2. The molecular formula is C15H25NO. The van der Waals surface area contributed by atoms with E-state index < -0.39 is 0 Å². The minimum absolute atomic E-state index is 0.159. The molecule has 0 unspecified atom stereocenters. The van der Waals surface area contributed by atoms with E-state index >= 15 is 0 Å². The first-order chi connectivity index (χ1) is 7.85. The van der Waals surface area contributed by atoms with Crippen LogP contribution in [-0.4, -0.2) is 13.2 Å². The second-order valence-electron chi connectivity index (χ2n) is 5.67. The van der Waals surface area contributed by atoms with E-state index in [9.17, 15) is 0 Å². The zero-order valence-electron chi connectivity index (χ0n) is 11.8. The van der Waals surface area contributed by atoms with Gasteiger partial charge in [0.05, 0.1) is 6.61 Å². The third-order valence-corrected chi connectivity index (χ3v) is 3.35. The Balaban J connectivity index is 2.64. The summed E-state index contributed by atoms with van der Waals surface area (Å²) in [5.41, 5.74) is 9.65. The van der Waals surface area contributed by atoms with Crippen LogP contribution < -0.4 is 10.5 Å². The van der Waals surface area contributed by atoms with Gasteiger partial charge in [-0.25, -0.2) is 0 Å². The lowest BCUT2D eigenvalue weighted by Gasteiger charge is -2.22. The quantitative estimate of drug-likeness (QED) is 0.849. The molecule has 0 aliphatic heterocycles. The third-order valence-electron chi connectivity index (χ3n) is 3.35. The fraction of sp³-hybridized carbons (Fsp3) is 0.600. The van der Waals surface area contributed by atoms with Crippen molar-refractivity contribution in [3.05, 3.63) is 28.8 Å². The lowest BCUT2D eigenvalue weighted by Crippen LogP contribution is -2.25. The molecule has 17 heavy (non-hydrogen) atoms. The van der Waals surface area contributed by atoms with Crippen LogP contribution in [0.15, 0.2) is 12.1 Å². The predicted molar refractivity (Wildman–Crippen MR) is 73.6 cm³/mol. The molecule has 0 amide bonds. The van der Waals surface area contributed by atoms with Crippen molar-refractivity contribution in [3.63, 3.8) is 0 Å². The van der Waals surface area contributed by atoms with Crippen LogP contribution in [0.1, 0.15) is 37.0 Å². The highest BCUT2D eigenvalue weighted by Gasteiger charge is 2.15. The normalized spacial score (nSPS) is 11.6. The number of ether oxygens (including phenoxy) is 1. The van der Waals surface area contributed by atoms with E-state index in [0.717, 1.165) is 18.8 Å². The Kier molecular flexibility index (Phi) is 4.58. The smallest absolute Gasteiger partial charge is 0.122 e. The van der Waals surface area contributed by atoms with Gasteiger partial charge in [0.15, 0.2) is 0 Å². The van der Waals surface area contributed by atoms with E-state index in [1.54, 1.807) is 0 Å². The first kappa shape index (κ1) is 14.0. The minimum atomic E-state index is 0.159. The van der Waals surface area contributed by atoms with Gasteiger partial charge in [-0.1, -0.05) is 19.9 Å². The average Bonchev–Trinajstić information content (AvgIpc) is 2.24. The molecule has 0 aliphatic rings. The lowest BCUT2D eigenvalue weighted by atomic mass is 9.90. The standard InChI is InChI=1S/C15H25NO/c1-11-8-12(2)13(3)14(9-11)17-7-6-15(4,5)10-16/h8-9H,6-7,10,16H2,1-5H3. The van der Waals surface area contributed by atoms with Crippen LogP contribution in [-0.2, 0) is 0 Å². The van der Waals surface area contributed by atoms with Gasteiger partial charge in [-0.3, -0.25) is 0 Å². The first-order valence-electron chi connectivity index (χ1n) is 6.26. The van der Waals surface area contributed by atoms with Gasteiger partial charge in [0.2, 0.25) is 0 Å². The Hall–Kier alpha value is -1.02. The second kappa shape index (κ2) is 5.54. The summed E-state index contributed by atoms with van der Waals surface area (Å²) in [7, 11) is 0. The molecule has 0 heterocycles. The van der Waals surface area contributed by atoms with Gasteiger partial charge in [0, 0.05) is 0 Å². The Morgan fingerprint density at radius 2 is 1.82 bits per heavy atom. The monoisotopic (exact) mass is 235 g/mol. The lowest BCUT2D eigenvalue weighted by molar-refractivity contribution is 0.232. The molecule has 1 aromatic rings. The second-order valence-corrected chi connectivity index (χ2v) is 5.67. The maximum atomic E-state index is 5.88. The molecule has 0 atom stereocenters. The van der Waals surface area contributed by atoms with Gasteiger partial charge in [0.1, 0.15) is 5.75 Å². The van der Waals surface area contributed by atoms with Crippen molar-refractivity contribution >= 4 is 0 Å². The molecule has 0 saturated heterocycles. The first-order valence-corrected chi connectivity index (χ1v) is 6.26. The number of benzene rings is 1. The molecule has 0 aliphatic carbocycles. The summed E-state index contributed by atoms with van der Waals surface area (Å²) in [6.07, 6.45) is 0.982. The summed E-state index contributed by atoms with van der Waals surface area (Å²) in [5, 5.41) is 0. The Morgan fingerprint density at radius 1 is 1.18 bits per heavy atom. The molecule has 2 nitrogen and oxygen atoms in total. The summed E-state index contributed by atoms with van der Waals surface area (Å²) < 4.78 is 5.88. The molecule has 0 fully saturated rings. The van der Waals surface area contributed by atoms with Crippen molar-refractivity contribution in [2.45, 2.75) is 41.0 Å². The topological polar surface area (TPSA) is 35.2 Å². The van der Waals surface area contributed by atoms with Gasteiger partial charge in [-0.2, -0.15) is 0 Å². The predicted octanol–water partition coefficient (Wildman–Crippen LogP) is 3.37. The van der Waals surface area contributed by atoms with Gasteiger partial charge in [-0.15, -0.1) is 0 Å². The highest BCUT2D eigenvalue weighted by Crippen LogP contribution is 2.25. The summed E-state index contributed by atoms with van der Waals surface area (Å²) in [6.45, 7) is 12.1. The summed E-state index contributed by atoms with van der Waals surface area (Å²) >= 11 is 0. The largest absolute Gasteiger partial charge is 0.493 e. The minimum Gasteiger partial charge on any atom is -0.493 e. The van der Waals surface area contributed by atoms with E-state index in [-0.39, 0.29) is 5.41 Å². The number of nitrogens with two attached hydrogens (primary N) is 1. The molecule has 0 radical (unpaired) electrons. The van der Waals surface area contributed by atoms with Crippen molar-refractivity contribution in [1.82, 2.24) is 0 Å². The Morgan fingerprint density at radius 3 is 2.41 bits per heavy atom. The van der Waals surface area contributed by atoms with Crippen LogP contribution in [0.25, 0.3) is 0 Å². The fourth-order valence-electron chi connectivity index (χ4n) is 1.69. The number of aryl methyl sites for hydroxylation is 2. The van der Waals surface area contributed by atoms with E-state index in [2.05, 4.69) is 46.8 Å². The van der Waals surface area contributed by atoms with Crippen LogP contribution in [0.4, 0.5) is 0 Å². The molecule has 2 heteroatoms. The maximum absolute atomic E-state index is 5.88. The third kappa shape index (κ3) is 4.04. The molecule has 96 valence electrons. The van der Waals surface area contributed by atoms with Crippen LogP contribution in [0.2, 0.25) is 0 Å². The SMILES string of the molecule is Cc1cc(C)c(C)c(OCCC(C)(C)CN)c1. The molecular weight excluding hydrogens is 210 g/mol. The van der Waals surface area contributed by atoms with Crippen LogP contribution in [0.3, 0.4) is 0 Å². The summed E-state index contributed by atoms with van der Waals surface area (Å²) in [5.74, 6) is 1.01. The van der Waals surface area contributed by atoms with Gasteiger partial charge < -0.3 is 10.5 Å². The molecule has 1 aromatic carbocycles. The van der Waals surface area contributed by atoms with E-state index in [1.807, 2.05) is 0 Å². The molecule has 1 rings (SSSR count). The molecule has 2 N–H and O–H groups in total. The van der Waals surface area contributed by atoms with Gasteiger partial charge >= 0.3 is 0 Å². The fourth-order valence-corrected chi connectivity index (χ4v) is 1.69.